The van der Waals surface area contributed by atoms with E-state index in [1.54, 1.807) is 35.9 Å². The fourth-order valence-corrected chi connectivity index (χ4v) is 4.79. The Kier molecular flexibility index (Phi) is 6.25. The number of aromatic nitrogens is 2. The first kappa shape index (κ1) is 24.9. The fraction of sp³-hybridized carbons (Fsp3) is 0.125. The lowest BCUT2D eigenvalue weighted by molar-refractivity contribution is -0.141. The van der Waals surface area contributed by atoms with Crippen LogP contribution in [-0.4, -0.2) is 33.3 Å². The lowest BCUT2D eigenvalue weighted by Gasteiger charge is -2.27. The van der Waals surface area contributed by atoms with E-state index in [0.29, 0.717) is 33.9 Å². The summed E-state index contributed by atoms with van der Waals surface area (Å²) in [5, 5.41) is 14.7. The first-order valence-electron chi connectivity index (χ1n) is 12.7. The predicted molar refractivity (Wildman–Crippen MR) is 148 cm³/mol. The van der Waals surface area contributed by atoms with Gasteiger partial charge in [-0.2, -0.15) is 10.4 Å². The summed E-state index contributed by atoms with van der Waals surface area (Å²) in [6, 6.07) is 24.9. The van der Waals surface area contributed by atoms with Gasteiger partial charge in [-0.1, -0.05) is 54.1 Å². The Morgan fingerprint density at radius 1 is 0.950 bits per heavy atom. The summed E-state index contributed by atoms with van der Waals surface area (Å²) in [7, 11) is 0. The second-order valence-corrected chi connectivity index (χ2v) is 9.63. The van der Waals surface area contributed by atoms with Gasteiger partial charge >= 0.3 is 0 Å². The van der Waals surface area contributed by atoms with Gasteiger partial charge in [-0.05, 0) is 55.3 Å². The van der Waals surface area contributed by atoms with Crippen molar-refractivity contribution in [2.24, 2.45) is 0 Å². The molecule has 0 aliphatic carbocycles. The second-order valence-electron chi connectivity index (χ2n) is 9.63. The third-order valence-electron chi connectivity index (χ3n) is 6.99. The van der Waals surface area contributed by atoms with Gasteiger partial charge in [-0.15, -0.1) is 0 Å². The summed E-state index contributed by atoms with van der Waals surface area (Å²) >= 11 is 0. The van der Waals surface area contributed by atoms with Crippen molar-refractivity contribution < 1.29 is 19.1 Å². The molecule has 0 N–H and O–H groups in total. The Labute approximate surface area is 231 Å². The average Bonchev–Trinajstić information content (AvgIpc) is 3.62. The van der Waals surface area contributed by atoms with Crippen molar-refractivity contribution in [3.63, 3.8) is 0 Å². The van der Waals surface area contributed by atoms with Gasteiger partial charge in [-0.25, -0.2) is 4.68 Å². The molecule has 196 valence electrons. The Bertz CT molecular complexity index is 1760. The minimum absolute atomic E-state index is 0.0157. The number of carbonyl (C=O) groups excluding carboxylic acids is 2. The summed E-state index contributed by atoms with van der Waals surface area (Å²) in [4.78, 5) is 28.2. The lowest BCUT2D eigenvalue weighted by Crippen LogP contribution is -2.42. The minimum atomic E-state index is -0.626. The zero-order valence-corrected chi connectivity index (χ0v) is 21.9. The van der Waals surface area contributed by atoms with E-state index >= 15 is 0 Å². The van der Waals surface area contributed by atoms with E-state index in [0.717, 1.165) is 21.7 Å². The van der Waals surface area contributed by atoms with Crippen molar-refractivity contribution in [2.45, 2.75) is 20.4 Å². The number of nitrogens with zero attached hydrogens (tertiary/aromatic N) is 4. The van der Waals surface area contributed by atoms with E-state index < -0.39 is 11.8 Å². The molecule has 0 unspecified atom stereocenters. The maximum Gasteiger partial charge on any atom is 0.271 e. The number of imide groups is 1. The van der Waals surface area contributed by atoms with Crippen LogP contribution in [0.4, 0.5) is 0 Å². The molecule has 0 saturated carbocycles. The van der Waals surface area contributed by atoms with Gasteiger partial charge in [-0.3, -0.25) is 14.5 Å². The quantitative estimate of drug-likeness (QED) is 0.255. The van der Waals surface area contributed by atoms with E-state index in [9.17, 15) is 14.9 Å². The Hall–Kier alpha value is -5.42. The molecule has 6 rings (SSSR count). The van der Waals surface area contributed by atoms with Crippen LogP contribution < -0.4 is 9.47 Å². The topological polar surface area (TPSA) is 97.5 Å². The van der Waals surface area contributed by atoms with Crippen LogP contribution in [0, 0.1) is 18.3 Å². The summed E-state index contributed by atoms with van der Waals surface area (Å²) in [5.41, 5.74) is 5.42. The van der Waals surface area contributed by atoms with Crippen molar-refractivity contribution in [1.82, 2.24) is 14.7 Å². The number of rotatable bonds is 5. The van der Waals surface area contributed by atoms with Crippen molar-refractivity contribution in [3.05, 3.63) is 112 Å². The van der Waals surface area contributed by atoms with E-state index in [-0.39, 0.29) is 24.5 Å². The van der Waals surface area contributed by atoms with Crippen LogP contribution in [0.15, 0.2) is 95.7 Å². The van der Waals surface area contributed by atoms with E-state index in [4.69, 9.17) is 14.6 Å². The third kappa shape index (κ3) is 4.44. The number of hydrogen-bond acceptors (Lipinski definition) is 6. The number of nitriles is 1. The van der Waals surface area contributed by atoms with Crippen LogP contribution in [0.25, 0.3) is 23.0 Å². The van der Waals surface area contributed by atoms with E-state index in [1.807, 2.05) is 73.8 Å². The average molecular weight is 529 g/mol. The van der Waals surface area contributed by atoms with Crippen molar-refractivity contribution in [2.75, 3.05) is 6.79 Å². The van der Waals surface area contributed by atoms with E-state index in [2.05, 4.69) is 0 Å². The maximum absolute atomic E-state index is 13.8. The molecule has 4 aromatic rings. The monoisotopic (exact) mass is 528 g/mol. The van der Waals surface area contributed by atoms with Gasteiger partial charge in [0.05, 0.1) is 17.9 Å². The molecule has 2 aliphatic heterocycles. The van der Waals surface area contributed by atoms with Crippen molar-refractivity contribution >= 4 is 17.9 Å². The summed E-state index contributed by atoms with van der Waals surface area (Å²) in [5.74, 6) is 0.0432. The highest BCUT2D eigenvalue weighted by atomic mass is 16.7. The number of hydrogen-bond donors (Lipinski definition) is 0. The van der Waals surface area contributed by atoms with Gasteiger partial charge in [0.25, 0.3) is 11.8 Å². The Morgan fingerprint density at radius 2 is 1.70 bits per heavy atom. The lowest BCUT2D eigenvalue weighted by atomic mass is 9.93. The fourth-order valence-electron chi connectivity index (χ4n) is 4.79. The normalized spacial score (nSPS) is 15.6. The number of ether oxygens (including phenoxy) is 2. The molecule has 8 heteroatoms. The molecular weight excluding hydrogens is 504 g/mol. The molecule has 8 nitrogen and oxygen atoms in total. The van der Waals surface area contributed by atoms with Gasteiger partial charge in [0.1, 0.15) is 11.6 Å². The highest BCUT2D eigenvalue weighted by molar-refractivity contribution is 6.19. The molecule has 3 aromatic carbocycles. The zero-order chi connectivity index (χ0) is 27.8. The number of benzene rings is 3. The predicted octanol–water partition coefficient (Wildman–Crippen LogP) is 5.37. The number of amides is 2. The molecule has 2 aliphatic rings. The Morgan fingerprint density at radius 3 is 2.45 bits per heavy atom. The van der Waals surface area contributed by atoms with Crippen LogP contribution in [0.1, 0.15) is 23.6 Å². The first-order chi connectivity index (χ1) is 19.4. The molecule has 0 bridgehead atoms. The molecule has 0 radical (unpaired) electrons. The van der Waals surface area contributed by atoms with Gasteiger partial charge in [0.2, 0.25) is 6.79 Å². The van der Waals surface area contributed by atoms with Crippen molar-refractivity contribution in [3.8, 4) is 34.5 Å². The summed E-state index contributed by atoms with van der Waals surface area (Å²) < 4.78 is 12.6. The molecule has 2 amide bonds. The van der Waals surface area contributed by atoms with Gasteiger partial charge in [0, 0.05) is 22.9 Å². The minimum Gasteiger partial charge on any atom is -0.454 e. The zero-order valence-electron chi connectivity index (χ0n) is 21.9. The van der Waals surface area contributed by atoms with Crippen molar-refractivity contribution in [1.29, 1.82) is 5.26 Å². The molecule has 0 atom stereocenters. The van der Waals surface area contributed by atoms with E-state index in [1.165, 1.54) is 0 Å². The summed E-state index contributed by atoms with van der Waals surface area (Å²) in [6.07, 6.45) is 3.57. The van der Waals surface area contributed by atoms with Crippen LogP contribution in [0.2, 0.25) is 0 Å². The number of para-hydroxylation sites is 1. The molecule has 0 spiro atoms. The van der Waals surface area contributed by atoms with Crippen LogP contribution in [0.3, 0.4) is 0 Å². The number of aryl methyl sites for hydroxylation is 1. The molecule has 0 saturated heterocycles. The molecule has 40 heavy (non-hydrogen) atoms. The number of carbonyl (C=O) groups is 2. The number of fused-ring (bicyclic) bond motifs is 1. The van der Waals surface area contributed by atoms with Gasteiger partial charge in [0.15, 0.2) is 11.5 Å². The van der Waals surface area contributed by atoms with Crippen LogP contribution >= 0.6 is 0 Å². The molecule has 0 fully saturated rings. The molecule has 3 heterocycles. The smallest absolute Gasteiger partial charge is 0.271 e. The SMILES string of the molecule is CC1=C(C#N)C(=O)N(Cc2ccc3c(c2)OCO3)C(=O)/C1=C/c1cn(-c2ccccc2)nc1-c1ccc(C)cc1. The first-order valence-corrected chi connectivity index (χ1v) is 12.7. The van der Waals surface area contributed by atoms with Gasteiger partial charge < -0.3 is 9.47 Å². The summed E-state index contributed by atoms with van der Waals surface area (Å²) in [6.45, 7) is 3.75. The molecular formula is C32H24N4O4. The second kappa shape index (κ2) is 10.0. The largest absolute Gasteiger partial charge is 0.454 e. The highest BCUT2D eigenvalue weighted by Gasteiger charge is 2.36. The van der Waals surface area contributed by atoms with Crippen LogP contribution in [0.5, 0.6) is 11.5 Å². The third-order valence-corrected chi connectivity index (χ3v) is 6.99. The standard InChI is InChI=1S/C32H24N4O4/c1-20-8-11-23(12-9-20)30-24(18-36(34-30)25-6-4-3-5-7-25)15-26-21(2)27(16-33)32(38)35(31(26)37)17-22-10-13-28-29(14-22)40-19-39-28/h3-15,18H,17,19H2,1-2H3/b26-15+. The van der Waals surface area contributed by atoms with Crippen LogP contribution in [-0.2, 0) is 16.1 Å². The Balaban J connectivity index is 1.45. The molecule has 1 aromatic heterocycles. The highest BCUT2D eigenvalue weighted by Crippen LogP contribution is 2.35. The maximum atomic E-state index is 13.8.